The summed E-state index contributed by atoms with van der Waals surface area (Å²) >= 11 is 0. The SMILES string of the molecule is NC(=O)OCC(O)CC(=O)C(=O)O. The molecule has 0 rings (SSSR count). The quantitative estimate of drug-likeness (QED) is 0.453. The van der Waals surface area contributed by atoms with Gasteiger partial charge < -0.3 is 20.7 Å². The van der Waals surface area contributed by atoms with E-state index in [1.54, 1.807) is 0 Å². The number of aliphatic carboxylic acids is 1. The van der Waals surface area contributed by atoms with Crippen molar-refractivity contribution in [2.45, 2.75) is 12.5 Å². The highest BCUT2D eigenvalue weighted by molar-refractivity contribution is 6.32. The minimum atomic E-state index is -1.64. The first-order valence-electron chi connectivity index (χ1n) is 3.30. The number of Topliss-reactive ketones (excluding diaryl/α,β-unsaturated/α-hetero) is 1. The van der Waals surface area contributed by atoms with Gasteiger partial charge in [-0.2, -0.15) is 0 Å². The van der Waals surface area contributed by atoms with E-state index in [0.29, 0.717) is 0 Å². The third-order valence-corrected chi connectivity index (χ3v) is 1.08. The molecule has 0 bridgehead atoms. The van der Waals surface area contributed by atoms with Gasteiger partial charge in [-0.1, -0.05) is 0 Å². The highest BCUT2D eigenvalue weighted by Crippen LogP contribution is 1.94. The Bertz CT molecular complexity index is 225. The summed E-state index contributed by atoms with van der Waals surface area (Å²) in [7, 11) is 0. The molecule has 0 aliphatic carbocycles. The van der Waals surface area contributed by atoms with Crippen molar-refractivity contribution >= 4 is 17.8 Å². The van der Waals surface area contributed by atoms with E-state index in [1.807, 2.05) is 0 Å². The molecule has 0 aliphatic rings. The Morgan fingerprint density at radius 1 is 1.38 bits per heavy atom. The summed E-state index contributed by atoms with van der Waals surface area (Å²) in [6, 6.07) is 0. The summed E-state index contributed by atoms with van der Waals surface area (Å²) in [5.41, 5.74) is 4.56. The average molecular weight is 191 g/mol. The van der Waals surface area contributed by atoms with Gasteiger partial charge in [0.2, 0.25) is 5.78 Å². The number of carbonyl (C=O) groups excluding carboxylic acids is 2. The molecule has 0 aromatic rings. The number of carboxylic acid groups (broad SMARTS) is 1. The average Bonchev–Trinajstić information content (AvgIpc) is 2.00. The number of aliphatic hydroxyl groups is 1. The zero-order valence-electron chi connectivity index (χ0n) is 6.60. The Balaban J connectivity index is 3.74. The van der Waals surface area contributed by atoms with Crippen LogP contribution in [-0.4, -0.2) is 40.8 Å². The molecule has 1 atom stereocenters. The van der Waals surface area contributed by atoms with Gasteiger partial charge in [-0.15, -0.1) is 0 Å². The Kier molecular flexibility index (Phi) is 4.45. The molecule has 7 heteroatoms. The minimum Gasteiger partial charge on any atom is -0.475 e. The Morgan fingerprint density at radius 2 is 1.92 bits per heavy atom. The second kappa shape index (κ2) is 5.09. The summed E-state index contributed by atoms with van der Waals surface area (Å²) < 4.78 is 4.13. The molecule has 0 saturated carbocycles. The first-order chi connectivity index (χ1) is 5.93. The summed E-state index contributed by atoms with van der Waals surface area (Å²) in [4.78, 5) is 30.5. The lowest BCUT2D eigenvalue weighted by Gasteiger charge is -2.06. The van der Waals surface area contributed by atoms with E-state index in [-0.39, 0.29) is 0 Å². The molecule has 1 amide bonds. The lowest BCUT2D eigenvalue weighted by Crippen LogP contribution is -2.26. The number of nitrogens with two attached hydrogens (primary N) is 1. The zero-order chi connectivity index (χ0) is 10.4. The van der Waals surface area contributed by atoms with Crippen LogP contribution in [0.25, 0.3) is 0 Å². The van der Waals surface area contributed by atoms with Crippen molar-refractivity contribution in [1.82, 2.24) is 0 Å². The van der Waals surface area contributed by atoms with Crippen LogP contribution in [0, 0.1) is 0 Å². The van der Waals surface area contributed by atoms with Gasteiger partial charge in [0.1, 0.15) is 6.61 Å². The molecule has 0 aromatic carbocycles. The highest BCUT2D eigenvalue weighted by Gasteiger charge is 2.17. The van der Waals surface area contributed by atoms with Crippen LogP contribution in [0.3, 0.4) is 0 Å². The smallest absolute Gasteiger partial charge is 0.404 e. The van der Waals surface area contributed by atoms with Crippen LogP contribution in [0.5, 0.6) is 0 Å². The van der Waals surface area contributed by atoms with E-state index in [0.717, 1.165) is 0 Å². The van der Waals surface area contributed by atoms with E-state index in [4.69, 9.17) is 10.2 Å². The van der Waals surface area contributed by atoms with Crippen LogP contribution >= 0.6 is 0 Å². The molecule has 7 nitrogen and oxygen atoms in total. The fourth-order valence-corrected chi connectivity index (χ4v) is 0.539. The van der Waals surface area contributed by atoms with Crippen molar-refractivity contribution in [3.8, 4) is 0 Å². The van der Waals surface area contributed by atoms with Crippen LogP contribution in [0.2, 0.25) is 0 Å². The van der Waals surface area contributed by atoms with E-state index >= 15 is 0 Å². The van der Waals surface area contributed by atoms with Crippen molar-refractivity contribution in [2.75, 3.05) is 6.61 Å². The first kappa shape index (κ1) is 11.4. The fourth-order valence-electron chi connectivity index (χ4n) is 0.539. The Hall–Kier alpha value is -1.63. The lowest BCUT2D eigenvalue weighted by molar-refractivity contribution is -0.150. The number of amides is 1. The molecule has 0 fully saturated rings. The fraction of sp³-hybridized carbons (Fsp3) is 0.500. The van der Waals surface area contributed by atoms with Gasteiger partial charge in [0.15, 0.2) is 0 Å². The number of hydrogen-bond donors (Lipinski definition) is 3. The third-order valence-electron chi connectivity index (χ3n) is 1.08. The molecule has 74 valence electrons. The van der Waals surface area contributed by atoms with Crippen LogP contribution in [0.4, 0.5) is 4.79 Å². The summed E-state index contributed by atoms with van der Waals surface area (Å²) in [5.74, 6) is -2.79. The molecule has 13 heavy (non-hydrogen) atoms. The Morgan fingerprint density at radius 3 is 2.31 bits per heavy atom. The molecular weight excluding hydrogens is 182 g/mol. The molecule has 0 spiro atoms. The van der Waals surface area contributed by atoms with Gasteiger partial charge in [-0.25, -0.2) is 9.59 Å². The van der Waals surface area contributed by atoms with Crippen LogP contribution in [0.15, 0.2) is 0 Å². The molecule has 0 saturated heterocycles. The van der Waals surface area contributed by atoms with Gasteiger partial charge >= 0.3 is 12.1 Å². The van der Waals surface area contributed by atoms with Gasteiger partial charge in [-0.3, -0.25) is 4.79 Å². The normalized spacial score (nSPS) is 11.8. The van der Waals surface area contributed by atoms with Gasteiger partial charge in [0.05, 0.1) is 6.10 Å². The maximum absolute atomic E-state index is 10.5. The topological polar surface area (TPSA) is 127 Å². The van der Waals surface area contributed by atoms with Crippen LogP contribution in [-0.2, 0) is 14.3 Å². The molecule has 1 unspecified atom stereocenters. The van der Waals surface area contributed by atoms with Crippen molar-refractivity contribution in [1.29, 1.82) is 0 Å². The van der Waals surface area contributed by atoms with Crippen LogP contribution in [0.1, 0.15) is 6.42 Å². The lowest BCUT2D eigenvalue weighted by atomic mass is 10.2. The standard InChI is InChI=1S/C6H9NO6/c7-6(12)13-2-3(8)1-4(9)5(10)11/h3,8H,1-2H2,(H2,7,12)(H,10,11). The van der Waals surface area contributed by atoms with Gasteiger partial charge in [0.25, 0.3) is 0 Å². The second-order valence-electron chi connectivity index (χ2n) is 2.22. The number of rotatable bonds is 5. The van der Waals surface area contributed by atoms with E-state index in [9.17, 15) is 14.4 Å². The minimum absolute atomic E-state index is 0.492. The molecule has 4 N–H and O–H groups in total. The summed E-state index contributed by atoms with van der Waals surface area (Å²) in [5, 5.41) is 17.0. The predicted octanol–water partition coefficient (Wildman–Crippen LogP) is -1.51. The largest absolute Gasteiger partial charge is 0.475 e. The van der Waals surface area contributed by atoms with Crippen LogP contribution < -0.4 is 5.73 Å². The summed E-state index contributed by atoms with van der Waals surface area (Å²) in [6.07, 6.45) is -3.04. The monoisotopic (exact) mass is 191 g/mol. The number of carbonyl (C=O) groups is 3. The first-order valence-corrected chi connectivity index (χ1v) is 3.30. The number of ether oxygens (including phenoxy) is 1. The van der Waals surface area contributed by atoms with E-state index in [1.165, 1.54) is 0 Å². The predicted molar refractivity (Wildman–Crippen MR) is 38.8 cm³/mol. The number of primary amides is 1. The maximum atomic E-state index is 10.5. The number of carboxylic acids is 1. The molecule has 0 aliphatic heterocycles. The van der Waals surface area contributed by atoms with Gasteiger partial charge in [-0.05, 0) is 0 Å². The van der Waals surface area contributed by atoms with Gasteiger partial charge in [0, 0.05) is 6.42 Å². The Labute approximate surface area is 73.1 Å². The summed E-state index contributed by atoms with van der Waals surface area (Å²) in [6.45, 7) is -0.492. The maximum Gasteiger partial charge on any atom is 0.404 e. The molecule has 0 aromatic heterocycles. The van der Waals surface area contributed by atoms with Crippen molar-refractivity contribution < 1.29 is 29.3 Å². The zero-order valence-corrected chi connectivity index (χ0v) is 6.60. The second-order valence-corrected chi connectivity index (χ2v) is 2.22. The van der Waals surface area contributed by atoms with Crippen molar-refractivity contribution in [2.24, 2.45) is 5.73 Å². The number of aliphatic hydroxyl groups excluding tert-OH is 1. The number of hydrogen-bond acceptors (Lipinski definition) is 5. The van der Waals surface area contributed by atoms with Crippen molar-refractivity contribution in [3.05, 3.63) is 0 Å². The van der Waals surface area contributed by atoms with E-state index in [2.05, 4.69) is 10.5 Å². The molecular formula is C6H9NO6. The number of ketones is 1. The van der Waals surface area contributed by atoms with Crippen molar-refractivity contribution in [3.63, 3.8) is 0 Å². The highest BCUT2D eigenvalue weighted by atomic mass is 16.6. The third kappa shape index (κ3) is 5.62. The molecule has 0 heterocycles. The van der Waals surface area contributed by atoms with E-state index < -0.39 is 37.0 Å². The molecule has 0 radical (unpaired) electrons.